The van der Waals surface area contributed by atoms with Crippen molar-refractivity contribution in [2.24, 2.45) is 4.99 Å². The van der Waals surface area contributed by atoms with Crippen LogP contribution in [-0.4, -0.2) is 51.5 Å². The molecule has 2 aromatic rings. The van der Waals surface area contributed by atoms with Gasteiger partial charge in [-0.05, 0) is 42.7 Å². The lowest BCUT2D eigenvalue weighted by atomic mass is 10.00. The Bertz CT molecular complexity index is 741. The fraction of sp³-hybridized carbons (Fsp3) is 0.476. The third-order valence-electron chi connectivity index (χ3n) is 4.24. The molecule has 1 aromatic heterocycles. The quantitative estimate of drug-likeness (QED) is 0.294. The van der Waals surface area contributed by atoms with Crippen molar-refractivity contribution in [1.29, 1.82) is 0 Å². The molecule has 1 unspecified atom stereocenters. The van der Waals surface area contributed by atoms with Gasteiger partial charge >= 0.3 is 0 Å². The van der Waals surface area contributed by atoms with Gasteiger partial charge in [0.2, 0.25) is 0 Å². The minimum absolute atomic E-state index is 0.277. The first-order valence-corrected chi connectivity index (χ1v) is 10.6. The SMILES string of the molecule is CCNC(=NCC(C)(O)c1ccsc1)NCCCOc1cc(OC)cc(OC)c1. The molecule has 3 N–H and O–H groups in total. The summed E-state index contributed by atoms with van der Waals surface area (Å²) in [5.74, 6) is 2.76. The van der Waals surface area contributed by atoms with Gasteiger partial charge in [0.25, 0.3) is 0 Å². The van der Waals surface area contributed by atoms with Gasteiger partial charge in [-0.3, -0.25) is 0 Å². The summed E-state index contributed by atoms with van der Waals surface area (Å²) in [7, 11) is 3.22. The number of guanidine groups is 1. The number of thiophene rings is 1. The van der Waals surface area contributed by atoms with Gasteiger partial charge in [-0.25, -0.2) is 4.99 Å². The molecule has 2 rings (SSSR count). The molecule has 1 heterocycles. The van der Waals surface area contributed by atoms with Crippen LogP contribution in [0.4, 0.5) is 0 Å². The molecule has 0 aliphatic rings. The fourth-order valence-corrected chi connectivity index (χ4v) is 3.35. The standard InChI is InChI=1S/C21H31N3O4S/c1-5-22-20(24-15-21(2,25)16-7-10-29-14-16)23-8-6-9-28-19-12-17(26-3)11-18(13-19)27-4/h7,10-14,25H,5-6,8-9,15H2,1-4H3,(H2,22,23,24). The Hall–Kier alpha value is -2.45. The smallest absolute Gasteiger partial charge is 0.191 e. The highest BCUT2D eigenvalue weighted by Crippen LogP contribution is 2.27. The van der Waals surface area contributed by atoms with Gasteiger partial charge in [0.05, 0.1) is 27.4 Å². The van der Waals surface area contributed by atoms with Crippen LogP contribution in [0.25, 0.3) is 0 Å². The van der Waals surface area contributed by atoms with Crippen LogP contribution in [0.15, 0.2) is 40.0 Å². The van der Waals surface area contributed by atoms with Gasteiger partial charge in [-0.15, -0.1) is 0 Å². The Labute approximate surface area is 176 Å². The van der Waals surface area contributed by atoms with E-state index in [0.717, 1.165) is 18.5 Å². The lowest BCUT2D eigenvalue weighted by molar-refractivity contribution is 0.0677. The molecule has 0 saturated carbocycles. The summed E-state index contributed by atoms with van der Waals surface area (Å²) in [4.78, 5) is 4.52. The molecule has 0 aliphatic heterocycles. The highest BCUT2D eigenvalue weighted by atomic mass is 32.1. The monoisotopic (exact) mass is 421 g/mol. The molecule has 0 spiro atoms. The molecule has 29 heavy (non-hydrogen) atoms. The van der Waals surface area contributed by atoms with Crippen LogP contribution in [0.3, 0.4) is 0 Å². The predicted octanol–water partition coefficient (Wildman–Crippen LogP) is 3.00. The zero-order chi connectivity index (χ0) is 21.1. The molecule has 0 bridgehead atoms. The number of rotatable bonds is 11. The second-order valence-corrected chi connectivity index (χ2v) is 7.44. The number of aliphatic imine (C=N–C) groups is 1. The van der Waals surface area contributed by atoms with Gasteiger partial charge in [0.15, 0.2) is 5.96 Å². The van der Waals surface area contributed by atoms with Crippen LogP contribution in [0.2, 0.25) is 0 Å². The summed E-state index contributed by atoms with van der Waals surface area (Å²) < 4.78 is 16.3. The number of nitrogens with one attached hydrogen (secondary N) is 2. The normalized spacial score (nSPS) is 13.5. The van der Waals surface area contributed by atoms with Crippen molar-refractivity contribution < 1.29 is 19.3 Å². The zero-order valence-electron chi connectivity index (χ0n) is 17.5. The summed E-state index contributed by atoms with van der Waals surface area (Å²) in [6.07, 6.45) is 0.783. The second-order valence-electron chi connectivity index (χ2n) is 6.66. The molecular weight excluding hydrogens is 390 g/mol. The Balaban J connectivity index is 1.80. The Morgan fingerprint density at radius 1 is 1.14 bits per heavy atom. The van der Waals surface area contributed by atoms with Crippen LogP contribution in [0.1, 0.15) is 25.8 Å². The number of benzene rings is 1. The maximum atomic E-state index is 10.6. The molecule has 0 amide bonds. The van der Waals surface area contributed by atoms with Crippen molar-refractivity contribution in [1.82, 2.24) is 10.6 Å². The highest BCUT2D eigenvalue weighted by molar-refractivity contribution is 7.08. The lowest BCUT2D eigenvalue weighted by Gasteiger charge is -2.21. The van der Waals surface area contributed by atoms with Crippen molar-refractivity contribution in [3.63, 3.8) is 0 Å². The maximum Gasteiger partial charge on any atom is 0.191 e. The molecule has 0 fully saturated rings. The first kappa shape index (κ1) is 22.8. The van der Waals surface area contributed by atoms with E-state index in [1.54, 1.807) is 38.5 Å². The summed E-state index contributed by atoms with van der Waals surface area (Å²) in [5, 5.41) is 21.0. The molecule has 0 radical (unpaired) electrons. The van der Waals surface area contributed by atoms with E-state index < -0.39 is 5.60 Å². The fourth-order valence-electron chi connectivity index (χ4n) is 2.57. The Morgan fingerprint density at radius 3 is 2.41 bits per heavy atom. The van der Waals surface area contributed by atoms with Crippen LogP contribution >= 0.6 is 11.3 Å². The molecule has 0 saturated heterocycles. The third-order valence-corrected chi connectivity index (χ3v) is 4.92. The van der Waals surface area contributed by atoms with Crippen molar-refractivity contribution in [2.75, 3.05) is 40.5 Å². The molecule has 8 heteroatoms. The number of hydrogen-bond acceptors (Lipinski definition) is 6. The number of ether oxygens (including phenoxy) is 3. The molecule has 160 valence electrons. The first-order valence-electron chi connectivity index (χ1n) is 9.61. The number of methoxy groups -OCH3 is 2. The highest BCUT2D eigenvalue weighted by Gasteiger charge is 2.23. The van der Waals surface area contributed by atoms with E-state index in [2.05, 4.69) is 15.6 Å². The van der Waals surface area contributed by atoms with E-state index in [4.69, 9.17) is 14.2 Å². The minimum atomic E-state index is -0.989. The van der Waals surface area contributed by atoms with Crippen molar-refractivity contribution >= 4 is 17.3 Å². The Kier molecular flexibility index (Phi) is 9.08. The summed E-state index contributed by atoms with van der Waals surface area (Å²) in [6.45, 7) is 6.03. The van der Waals surface area contributed by atoms with Gasteiger partial charge in [0.1, 0.15) is 22.8 Å². The average Bonchev–Trinajstić information content (AvgIpc) is 3.27. The first-order chi connectivity index (χ1) is 14.0. The van der Waals surface area contributed by atoms with E-state index in [1.807, 2.05) is 35.9 Å². The summed E-state index contributed by atoms with van der Waals surface area (Å²) >= 11 is 1.56. The van der Waals surface area contributed by atoms with E-state index in [-0.39, 0.29) is 6.54 Å². The number of nitrogens with zero attached hydrogens (tertiary/aromatic N) is 1. The minimum Gasteiger partial charge on any atom is -0.496 e. The van der Waals surface area contributed by atoms with E-state index in [9.17, 15) is 5.11 Å². The van der Waals surface area contributed by atoms with Crippen LogP contribution in [-0.2, 0) is 5.60 Å². The number of aliphatic hydroxyl groups is 1. The summed E-state index contributed by atoms with van der Waals surface area (Å²) in [6, 6.07) is 7.38. The second kappa shape index (κ2) is 11.5. The average molecular weight is 422 g/mol. The Morgan fingerprint density at radius 2 is 1.83 bits per heavy atom. The van der Waals surface area contributed by atoms with Crippen molar-refractivity contribution in [3.8, 4) is 17.2 Å². The molecule has 1 aromatic carbocycles. The third kappa shape index (κ3) is 7.47. The molecular formula is C21H31N3O4S. The molecule has 0 aliphatic carbocycles. The summed E-state index contributed by atoms with van der Waals surface area (Å²) in [5.41, 5.74) is -0.110. The largest absolute Gasteiger partial charge is 0.496 e. The van der Waals surface area contributed by atoms with Gasteiger partial charge < -0.3 is 30.0 Å². The van der Waals surface area contributed by atoms with E-state index >= 15 is 0 Å². The van der Waals surface area contributed by atoms with Crippen LogP contribution in [0.5, 0.6) is 17.2 Å². The zero-order valence-corrected chi connectivity index (χ0v) is 18.3. The van der Waals surface area contributed by atoms with Gasteiger partial charge in [-0.2, -0.15) is 11.3 Å². The van der Waals surface area contributed by atoms with Gasteiger partial charge in [0, 0.05) is 31.3 Å². The predicted molar refractivity (Wildman–Crippen MR) is 118 cm³/mol. The van der Waals surface area contributed by atoms with Gasteiger partial charge in [-0.1, -0.05) is 0 Å². The van der Waals surface area contributed by atoms with Crippen LogP contribution < -0.4 is 24.8 Å². The maximum absolute atomic E-state index is 10.6. The molecule has 7 nitrogen and oxygen atoms in total. The number of hydrogen-bond donors (Lipinski definition) is 3. The van der Waals surface area contributed by atoms with E-state index in [1.165, 1.54) is 0 Å². The lowest BCUT2D eigenvalue weighted by Crippen LogP contribution is -2.39. The van der Waals surface area contributed by atoms with Crippen LogP contribution in [0, 0.1) is 0 Å². The van der Waals surface area contributed by atoms with Crippen molar-refractivity contribution in [3.05, 3.63) is 40.6 Å². The molecule has 1 atom stereocenters. The van der Waals surface area contributed by atoms with Crippen molar-refractivity contribution in [2.45, 2.75) is 25.9 Å². The van der Waals surface area contributed by atoms with E-state index in [0.29, 0.717) is 36.4 Å². The topological polar surface area (TPSA) is 84.3 Å².